The van der Waals surface area contributed by atoms with Gasteiger partial charge in [0.2, 0.25) is 11.8 Å². The van der Waals surface area contributed by atoms with E-state index in [2.05, 4.69) is 10.3 Å². The van der Waals surface area contributed by atoms with Crippen LogP contribution in [0.2, 0.25) is 0 Å². The zero-order chi connectivity index (χ0) is 15.6. The normalized spacial score (nSPS) is 10.1. The molecule has 0 saturated heterocycles. The summed E-state index contributed by atoms with van der Waals surface area (Å²) in [6.07, 6.45) is 3.51. The number of nitrogens with one attached hydrogen (secondary N) is 1. The summed E-state index contributed by atoms with van der Waals surface area (Å²) in [4.78, 5) is 16.0. The molecule has 0 aliphatic carbocycles. The average molecular weight is 356 g/mol. The first-order valence-electron chi connectivity index (χ1n) is 7.34. The number of benzene rings is 1. The van der Waals surface area contributed by atoms with Crippen LogP contribution >= 0.6 is 24.2 Å². The number of aromatic nitrogens is 1. The lowest BCUT2D eigenvalue weighted by Gasteiger charge is -2.03. The second kappa shape index (κ2) is 11.1. The lowest BCUT2D eigenvalue weighted by Crippen LogP contribution is -2.26. The minimum absolute atomic E-state index is 0. The lowest BCUT2D eigenvalue weighted by molar-refractivity contribution is -0.118. The van der Waals surface area contributed by atoms with Crippen molar-refractivity contribution in [1.29, 1.82) is 0 Å². The number of unbranched alkanes of at least 4 members (excludes halogenated alkanes) is 1. The predicted molar refractivity (Wildman–Crippen MR) is 96.6 cm³/mol. The van der Waals surface area contributed by atoms with Gasteiger partial charge >= 0.3 is 0 Å². The Morgan fingerprint density at radius 2 is 2.04 bits per heavy atom. The number of hydrogen-bond acceptors (Lipinski definition) is 5. The molecule has 2 rings (SSSR count). The molecule has 1 aromatic carbocycles. The van der Waals surface area contributed by atoms with E-state index in [0.717, 1.165) is 24.1 Å². The Bertz CT molecular complexity index is 578. The molecule has 5 nitrogen and oxygen atoms in total. The molecule has 2 aromatic rings. The van der Waals surface area contributed by atoms with Crippen LogP contribution in [-0.4, -0.2) is 29.7 Å². The molecule has 126 valence electrons. The molecule has 3 N–H and O–H groups in total. The van der Waals surface area contributed by atoms with Gasteiger partial charge in [0, 0.05) is 17.9 Å². The van der Waals surface area contributed by atoms with Crippen LogP contribution in [0.4, 0.5) is 0 Å². The topological polar surface area (TPSA) is 81.1 Å². The molecule has 0 saturated carbocycles. The first-order valence-corrected chi connectivity index (χ1v) is 8.49. The number of rotatable bonds is 9. The van der Waals surface area contributed by atoms with Crippen LogP contribution in [0.1, 0.15) is 18.5 Å². The highest BCUT2D eigenvalue weighted by Gasteiger charge is 2.07. The smallest absolute Gasteiger partial charge is 0.230 e. The van der Waals surface area contributed by atoms with Crippen molar-refractivity contribution in [2.45, 2.75) is 18.6 Å². The van der Waals surface area contributed by atoms with Crippen molar-refractivity contribution in [1.82, 2.24) is 10.3 Å². The maximum atomic E-state index is 11.6. The largest absolute Gasteiger partial charge is 0.444 e. The van der Waals surface area contributed by atoms with Gasteiger partial charge in [-0.15, -0.1) is 24.2 Å². The van der Waals surface area contributed by atoms with Gasteiger partial charge in [-0.1, -0.05) is 18.2 Å². The van der Waals surface area contributed by atoms with Crippen LogP contribution in [0, 0.1) is 0 Å². The summed E-state index contributed by atoms with van der Waals surface area (Å²) in [5, 5.41) is 2.88. The fourth-order valence-electron chi connectivity index (χ4n) is 1.88. The van der Waals surface area contributed by atoms with Gasteiger partial charge in [0.1, 0.15) is 6.26 Å². The Balaban J connectivity index is 0.00000264. The molecular formula is C16H22ClN3O2S. The standard InChI is InChI=1S/C16H21N3O2S.ClH/c17-8-4-5-9-18-15(20)12-22-11-14-10-21-16(19-14)13-6-2-1-3-7-13;/h1-3,6-7,10H,4-5,8-9,11-12,17H2,(H,18,20);1H. The Morgan fingerprint density at radius 1 is 1.26 bits per heavy atom. The number of oxazole rings is 1. The minimum Gasteiger partial charge on any atom is -0.444 e. The average Bonchev–Trinajstić information content (AvgIpc) is 3.01. The van der Waals surface area contributed by atoms with Crippen LogP contribution in [-0.2, 0) is 10.5 Å². The fourth-order valence-corrected chi connectivity index (χ4v) is 2.61. The van der Waals surface area contributed by atoms with Crippen molar-refractivity contribution in [2.24, 2.45) is 5.73 Å². The summed E-state index contributed by atoms with van der Waals surface area (Å²) in [5.74, 6) is 1.75. The van der Waals surface area contributed by atoms with E-state index in [1.165, 1.54) is 11.8 Å². The first kappa shape index (κ1) is 19.5. The molecule has 0 atom stereocenters. The van der Waals surface area contributed by atoms with Crippen molar-refractivity contribution in [3.8, 4) is 11.5 Å². The second-order valence-corrected chi connectivity index (χ2v) is 5.83. The maximum absolute atomic E-state index is 11.6. The van der Waals surface area contributed by atoms with Crippen LogP contribution < -0.4 is 11.1 Å². The van der Waals surface area contributed by atoms with Crippen molar-refractivity contribution in [3.05, 3.63) is 42.3 Å². The molecule has 0 bridgehead atoms. The molecule has 0 spiro atoms. The van der Waals surface area contributed by atoms with Gasteiger partial charge in [0.25, 0.3) is 0 Å². The van der Waals surface area contributed by atoms with Crippen molar-refractivity contribution >= 4 is 30.1 Å². The quantitative estimate of drug-likeness (QED) is 0.676. The summed E-state index contributed by atoms with van der Waals surface area (Å²) in [7, 11) is 0. The number of carbonyl (C=O) groups is 1. The van der Waals surface area contributed by atoms with E-state index >= 15 is 0 Å². The number of hydrogen-bond donors (Lipinski definition) is 2. The number of carbonyl (C=O) groups excluding carboxylic acids is 1. The van der Waals surface area contributed by atoms with Gasteiger partial charge in [-0.3, -0.25) is 4.79 Å². The van der Waals surface area contributed by atoms with Gasteiger partial charge in [-0.2, -0.15) is 0 Å². The van der Waals surface area contributed by atoms with Crippen molar-refractivity contribution < 1.29 is 9.21 Å². The number of halogens is 1. The maximum Gasteiger partial charge on any atom is 0.230 e. The summed E-state index contributed by atoms with van der Waals surface area (Å²) in [5.41, 5.74) is 7.20. The number of thioether (sulfide) groups is 1. The van der Waals surface area contributed by atoms with Crippen LogP contribution in [0.25, 0.3) is 11.5 Å². The fraction of sp³-hybridized carbons (Fsp3) is 0.375. The van der Waals surface area contributed by atoms with Gasteiger partial charge in [0.15, 0.2) is 0 Å². The van der Waals surface area contributed by atoms with Gasteiger partial charge in [0.05, 0.1) is 11.4 Å². The SMILES string of the molecule is Cl.NCCCCNC(=O)CSCc1coc(-c2ccccc2)n1. The molecule has 0 aliphatic rings. The zero-order valence-corrected chi connectivity index (χ0v) is 14.5. The lowest BCUT2D eigenvalue weighted by atomic mass is 10.2. The first-order chi connectivity index (χ1) is 10.8. The molecule has 0 unspecified atom stereocenters. The molecule has 0 fully saturated rings. The monoisotopic (exact) mass is 355 g/mol. The van der Waals surface area contributed by atoms with Crippen LogP contribution in [0.5, 0.6) is 0 Å². The molecule has 1 heterocycles. The van der Waals surface area contributed by atoms with Gasteiger partial charge < -0.3 is 15.5 Å². The highest BCUT2D eigenvalue weighted by Crippen LogP contribution is 2.20. The summed E-state index contributed by atoms with van der Waals surface area (Å²) < 4.78 is 5.46. The minimum atomic E-state index is 0. The Hall–Kier alpha value is -1.50. The molecule has 1 aromatic heterocycles. The second-order valence-electron chi connectivity index (χ2n) is 4.85. The van der Waals surface area contributed by atoms with E-state index in [0.29, 0.717) is 30.5 Å². The molecule has 0 radical (unpaired) electrons. The molecular weight excluding hydrogens is 334 g/mol. The summed E-state index contributed by atoms with van der Waals surface area (Å²) in [6.45, 7) is 1.36. The third-order valence-electron chi connectivity index (χ3n) is 3.01. The molecule has 23 heavy (non-hydrogen) atoms. The van der Waals surface area contributed by atoms with E-state index < -0.39 is 0 Å². The Labute approximate surface area is 146 Å². The van der Waals surface area contributed by atoms with Crippen molar-refractivity contribution in [2.75, 3.05) is 18.8 Å². The van der Waals surface area contributed by atoms with E-state index in [9.17, 15) is 4.79 Å². The van der Waals surface area contributed by atoms with Crippen molar-refractivity contribution in [3.63, 3.8) is 0 Å². The summed E-state index contributed by atoms with van der Waals surface area (Å²) in [6, 6.07) is 9.76. The third-order valence-corrected chi connectivity index (χ3v) is 3.97. The van der Waals surface area contributed by atoms with Gasteiger partial charge in [-0.25, -0.2) is 4.98 Å². The molecule has 0 aliphatic heterocycles. The van der Waals surface area contributed by atoms with E-state index in [-0.39, 0.29) is 18.3 Å². The van der Waals surface area contributed by atoms with E-state index in [1.807, 2.05) is 30.3 Å². The molecule has 1 amide bonds. The zero-order valence-electron chi connectivity index (χ0n) is 12.9. The number of nitrogens with two attached hydrogens (primary N) is 1. The van der Waals surface area contributed by atoms with Crippen LogP contribution in [0.15, 0.2) is 41.0 Å². The number of amides is 1. The van der Waals surface area contributed by atoms with E-state index in [4.69, 9.17) is 10.2 Å². The van der Waals surface area contributed by atoms with Gasteiger partial charge in [-0.05, 0) is 31.5 Å². The van der Waals surface area contributed by atoms with Crippen LogP contribution in [0.3, 0.4) is 0 Å². The van der Waals surface area contributed by atoms with E-state index in [1.54, 1.807) is 6.26 Å². The highest BCUT2D eigenvalue weighted by molar-refractivity contribution is 7.99. The summed E-state index contributed by atoms with van der Waals surface area (Å²) >= 11 is 1.53. The number of nitrogens with zero attached hydrogens (tertiary/aromatic N) is 1. The molecule has 7 heteroatoms. The predicted octanol–water partition coefficient (Wildman–Crippen LogP) is 2.85. The Kier molecular flexibility index (Phi) is 9.43. The Morgan fingerprint density at radius 3 is 2.78 bits per heavy atom. The highest BCUT2D eigenvalue weighted by atomic mass is 35.5. The third kappa shape index (κ3) is 7.07.